The van der Waals surface area contributed by atoms with E-state index < -0.39 is 4.92 Å². The number of hydrogen-bond donors (Lipinski definition) is 1. The van der Waals surface area contributed by atoms with Crippen molar-refractivity contribution in [3.05, 3.63) is 28.3 Å². The second kappa shape index (κ2) is 3.54. The third-order valence-electron chi connectivity index (χ3n) is 2.11. The molecule has 15 heavy (non-hydrogen) atoms. The van der Waals surface area contributed by atoms with E-state index in [1.54, 1.807) is 13.0 Å². The summed E-state index contributed by atoms with van der Waals surface area (Å²) in [6, 6.07) is 4.43. The van der Waals surface area contributed by atoms with Crippen molar-refractivity contribution in [1.29, 1.82) is 0 Å². The molecule has 1 aromatic rings. The largest absolute Gasteiger partial charge is 0.324 e. The van der Waals surface area contributed by atoms with Gasteiger partial charge < -0.3 is 5.32 Å². The first kappa shape index (κ1) is 9.97. The highest BCUT2D eigenvalue weighted by Gasteiger charge is 2.24. The van der Waals surface area contributed by atoms with Gasteiger partial charge in [-0.2, -0.15) is 0 Å². The van der Waals surface area contributed by atoms with E-state index in [4.69, 9.17) is 0 Å². The van der Waals surface area contributed by atoms with Crippen molar-refractivity contribution < 1.29 is 9.72 Å². The zero-order valence-electron chi connectivity index (χ0n) is 7.89. The molecule has 1 unspecified atom stereocenters. The molecule has 0 fully saturated rings. The van der Waals surface area contributed by atoms with Gasteiger partial charge in [0.1, 0.15) is 0 Å². The Labute approximate surface area is 90.0 Å². The summed E-state index contributed by atoms with van der Waals surface area (Å²) >= 11 is 1.34. The molecule has 0 aliphatic carbocycles. The monoisotopic (exact) mass is 224 g/mol. The molecule has 0 aromatic heterocycles. The highest BCUT2D eigenvalue weighted by Crippen LogP contribution is 2.37. The minimum Gasteiger partial charge on any atom is -0.324 e. The van der Waals surface area contributed by atoms with Crippen molar-refractivity contribution in [2.24, 2.45) is 0 Å². The smallest absolute Gasteiger partial charge is 0.270 e. The van der Waals surface area contributed by atoms with Gasteiger partial charge in [-0.3, -0.25) is 14.9 Å². The van der Waals surface area contributed by atoms with Gasteiger partial charge in [0.15, 0.2) is 0 Å². The van der Waals surface area contributed by atoms with Gasteiger partial charge in [0.2, 0.25) is 5.91 Å². The van der Waals surface area contributed by atoms with E-state index in [2.05, 4.69) is 5.32 Å². The number of amides is 1. The van der Waals surface area contributed by atoms with Crippen LogP contribution in [-0.2, 0) is 4.79 Å². The molecule has 1 aliphatic rings. The molecule has 0 radical (unpaired) electrons. The van der Waals surface area contributed by atoms with Gasteiger partial charge in [-0.15, -0.1) is 11.8 Å². The molecule has 6 heteroatoms. The van der Waals surface area contributed by atoms with Crippen molar-refractivity contribution in [2.45, 2.75) is 17.1 Å². The number of anilines is 1. The highest BCUT2D eigenvalue weighted by atomic mass is 32.2. The summed E-state index contributed by atoms with van der Waals surface area (Å²) in [5, 5.41) is 13.0. The van der Waals surface area contributed by atoms with Gasteiger partial charge in [-0.25, -0.2) is 0 Å². The Balaban J connectivity index is 2.41. The lowest BCUT2D eigenvalue weighted by molar-refractivity contribution is -0.385. The van der Waals surface area contributed by atoms with Crippen molar-refractivity contribution in [3.63, 3.8) is 0 Å². The van der Waals surface area contributed by atoms with Crippen molar-refractivity contribution in [1.82, 2.24) is 0 Å². The molecule has 0 spiro atoms. The molecule has 1 heterocycles. The number of nitrogens with zero attached hydrogens (tertiary/aromatic N) is 1. The van der Waals surface area contributed by atoms with E-state index in [1.165, 1.54) is 23.9 Å². The Morgan fingerprint density at radius 2 is 2.27 bits per heavy atom. The van der Waals surface area contributed by atoms with Crippen LogP contribution >= 0.6 is 11.8 Å². The van der Waals surface area contributed by atoms with Crippen LogP contribution in [0, 0.1) is 10.1 Å². The molecular weight excluding hydrogens is 216 g/mol. The van der Waals surface area contributed by atoms with Crippen LogP contribution in [0.5, 0.6) is 0 Å². The number of fused-ring (bicyclic) bond motifs is 1. The zero-order chi connectivity index (χ0) is 11.0. The van der Waals surface area contributed by atoms with Crippen LogP contribution in [0.1, 0.15) is 6.92 Å². The molecule has 0 saturated heterocycles. The molecule has 0 bridgehead atoms. The van der Waals surface area contributed by atoms with Gasteiger partial charge in [-0.05, 0) is 13.0 Å². The van der Waals surface area contributed by atoms with Gasteiger partial charge >= 0.3 is 0 Å². The number of carbonyl (C=O) groups is 1. The van der Waals surface area contributed by atoms with Crippen molar-refractivity contribution in [2.75, 3.05) is 5.32 Å². The Morgan fingerprint density at radius 3 is 2.93 bits per heavy atom. The molecule has 78 valence electrons. The molecule has 5 nitrogen and oxygen atoms in total. The zero-order valence-corrected chi connectivity index (χ0v) is 8.71. The van der Waals surface area contributed by atoms with Gasteiger partial charge in [0, 0.05) is 17.0 Å². The molecule has 1 N–H and O–H groups in total. The van der Waals surface area contributed by atoms with Crippen LogP contribution in [-0.4, -0.2) is 16.1 Å². The van der Waals surface area contributed by atoms with Gasteiger partial charge in [-0.1, -0.05) is 0 Å². The Bertz CT molecular complexity index is 447. The van der Waals surface area contributed by atoms with Gasteiger partial charge in [0.05, 0.1) is 15.9 Å². The number of nitro benzene ring substituents is 1. The Hall–Kier alpha value is -1.56. The first-order valence-corrected chi connectivity index (χ1v) is 5.22. The molecule has 1 aromatic carbocycles. The predicted octanol–water partition coefficient (Wildman–Crippen LogP) is 2.03. The third kappa shape index (κ3) is 1.80. The average molecular weight is 224 g/mol. The Morgan fingerprint density at radius 1 is 1.53 bits per heavy atom. The van der Waals surface area contributed by atoms with Crippen LogP contribution in [0.4, 0.5) is 11.4 Å². The fourth-order valence-corrected chi connectivity index (χ4v) is 2.29. The first-order chi connectivity index (χ1) is 7.08. The summed E-state index contributed by atoms with van der Waals surface area (Å²) in [4.78, 5) is 22.2. The maximum atomic E-state index is 11.3. The summed E-state index contributed by atoms with van der Waals surface area (Å²) < 4.78 is 0. The summed E-state index contributed by atoms with van der Waals surface area (Å²) in [7, 11) is 0. The molecule has 2 rings (SSSR count). The summed E-state index contributed by atoms with van der Waals surface area (Å²) in [6.45, 7) is 1.77. The molecule has 1 amide bonds. The topological polar surface area (TPSA) is 72.2 Å². The number of hydrogen-bond acceptors (Lipinski definition) is 4. The van der Waals surface area contributed by atoms with Gasteiger partial charge in [0.25, 0.3) is 5.69 Å². The number of non-ortho nitro benzene ring substituents is 1. The number of thioether (sulfide) groups is 1. The maximum absolute atomic E-state index is 11.3. The van der Waals surface area contributed by atoms with Crippen LogP contribution in [0.25, 0.3) is 0 Å². The SMILES string of the molecule is CC1Sc2cc([N+](=O)[O-])ccc2NC1=O. The number of nitro groups is 1. The highest BCUT2D eigenvalue weighted by molar-refractivity contribution is 8.01. The van der Waals surface area contributed by atoms with Crippen molar-refractivity contribution in [3.8, 4) is 0 Å². The van der Waals surface area contributed by atoms with E-state index in [-0.39, 0.29) is 16.8 Å². The van der Waals surface area contributed by atoms with Crippen LogP contribution < -0.4 is 5.32 Å². The van der Waals surface area contributed by atoms with Crippen LogP contribution in [0.15, 0.2) is 23.1 Å². The van der Waals surface area contributed by atoms with Crippen LogP contribution in [0.2, 0.25) is 0 Å². The minimum atomic E-state index is -0.443. The van der Waals surface area contributed by atoms with E-state index in [1.807, 2.05) is 0 Å². The number of benzene rings is 1. The van der Waals surface area contributed by atoms with Crippen LogP contribution in [0.3, 0.4) is 0 Å². The number of nitrogens with one attached hydrogen (secondary N) is 1. The average Bonchev–Trinajstić information content (AvgIpc) is 2.19. The predicted molar refractivity (Wildman–Crippen MR) is 57.0 cm³/mol. The Kier molecular flexibility index (Phi) is 2.36. The lowest BCUT2D eigenvalue weighted by Crippen LogP contribution is -2.26. The van der Waals surface area contributed by atoms with E-state index in [9.17, 15) is 14.9 Å². The fourth-order valence-electron chi connectivity index (χ4n) is 1.30. The van der Waals surface area contributed by atoms with Crippen molar-refractivity contribution >= 4 is 29.0 Å². The fraction of sp³-hybridized carbons (Fsp3) is 0.222. The quantitative estimate of drug-likeness (QED) is 0.585. The standard InChI is InChI=1S/C9H8N2O3S/c1-5-9(12)10-7-3-2-6(11(13)14)4-8(7)15-5/h2-5H,1H3,(H,10,12). The molecule has 0 saturated carbocycles. The molecular formula is C9H8N2O3S. The first-order valence-electron chi connectivity index (χ1n) is 4.34. The maximum Gasteiger partial charge on any atom is 0.270 e. The summed E-state index contributed by atoms with van der Waals surface area (Å²) in [5.74, 6) is -0.0682. The minimum absolute atomic E-state index is 0.0459. The second-order valence-corrected chi connectivity index (χ2v) is 4.57. The summed E-state index contributed by atoms with van der Waals surface area (Å²) in [6.07, 6.45) is 0. The number of rotatable bonds is 1. The lowest BCUT2D eigenvalue weighted by atomic mass is 10.2. The normalized spacial score (nSPS) is 19.3. The lowest BCUT2D eigenvalue weighted by Gasteiger charge is -2.20. The van der Waals surface area contributed by atoms with E-state index >= 15 is 0 Å². The number of carbonyl (C=O) groups excluding carboxylic acids is 1. The van der Waals surface area contributed by atoms with E-state index in [0.717, 1.165) is 4.90 Å². The molecule has 1 atom stereocenters. The molecule has 1 aliphatic heterocycles. The third-order valence-corrected chi connectivity index (χ3v) is 3.27. The second-order valence-electron chi connectivity index (χ2n) is 3.19. The summed E-state index contributed by atoms with van der Waals surface area (Å²) in [5.41, 5.74) is 0.693. The van der Waals surface area contributed by atoms with E-state index in [0.29, 0.717) is 5.69 Å².